The average Bonchev–Trinajstić information content (AvgIpc) is 3.06. The Balaban J connectivity index is 2.13. The zero-order valence-corrected chi connectivity index (χ0v) is 15.5. The molecule has 0 atom stereocenters. The number of carbonyl (C=O) groups excluding carboxylic acids is 1. The number of carbonyl (C=O) groups is 1. The Morgan fingerprint density at radius 3 is 2.48 bits per heavy atom. The van der Waals surface area contributed by atoms with E-state index in [2.05, 4.69) is 28.6 Å². The van der Waals surface area contributed by atoms with Crippen molar-refractivity contribution in [2.24, 2.45) is 0 Å². The lowest BCUT2D eigenvalue weighted by molar-refractivity contribution is 0.111. The molecule has 2 aromatic heterocycles. The second-order valence-corrected chi connectivity index (χ2v) is 6.24. The molecule has 2 aromatic carbocycles. The van der Waals surface area contributed by atoms with Crippen LogP contribution in [-0.4, -0.2) is 30.1 Å². The van der Waals surface area contributed by atoms with Crippen molar-refractivity contribution < 1.29 is 14.3 Å². The number of aldehydes is 1. The molecule has 0 fully saturated rings. The first kappa shape index (κ1) is 17.1. The van der Waals surface area contributed by atoms with Crippen LogP contribution in [0.2, 0.25) is 0 Å². The van der Waals surface area contributed by atoms with Gasteiger partial charge in [-0.1, -0.05) is 18.2 Å². The van der Waals surface area contributed by atoms with Crippen molar-refractivity contribution in [2.75, 3.05) is 14.2 Å². The Labute approximate surface area is 157 Å². The number of rotatable bonds is 5. The van der Waals surface area contributed by atoms with Gasteiger partial charge in [0.15, 0.2) is 17.8 Å². The third kappa shape index (κ3) is 2.63. The predicted molar refractivity (Wildman–Crippen MR) is 107 cm³/mol. The minimum absolute atomic E-state index is 0.409. The number of benzene rings is 2. The molecule has 5 heteroatoms. The smallest absolute Gasteiger partial charge is 0.168 e. The molecule has 4 rings (SSSR count). The zero-order chi connectivity index (χ0) is 19.0. The fraction of sp³-hybridized carbons (Fsp3) is 0.182. The average molecular weight is 360 g/mol. The second-order valence-electron chi connectivity index (χ2n) is 6.24. The van der Waals surface area contributed by atoms with Crippen molar-refractivity contribution >= 4 is 28.1 Å². The minimum Gasteiger partial charge on any atom is -0.493 e. The first-order valence-corrected chi connectivity index (χ1v) is 8.81. The molecule has 0 saturated heterocycles. The molecular formula is C22H20N2O3. The summed E-state index contributed by atoms with van der Waals surface area (Å²) in [4.78, 5) is 16.2. The van der Waals surface area contributed by atoms with Gasteiger partial charge in [0, 0.05) is 28.4 Å². The summed E-state index contributed by atoms with van der Waals surface area (Å²) in [7, 11) is 3.21. The van der Waals surface area contributed by atoms with E-state index in [1.165, 1.54) is 0 Å². The van der Waals surface area contributed by atoms with E-state index in [1.807, 2.05) is 36.4 Å². The molecule has 0 aliphatic rings. The number of fused-ring (bicyclic) bond motifs is 3. The maximum Gasteiger partial charge on any atom is 0.168 e. The second kappa shape index (κ2) is 6.76. The van der Waals surface area contributed by atoms with Gasteiger partial charge in [0.25, 0.3) is 0 Å². The molecule has 5 nitrogen and oxygen atoms in total. The molecule has 0 aliphatic heterocycles. The largest absolute Gasteiger partial charge is 0.493 e. The van der Waals surface area contributed by atoms with Crippen LogP contribution in [0.4, 0.5) is 0 Å². The Hall–Kier alpha value is -3.34. The van der Waals surface area contributed by atoms with Crippen molar-refractivity contribution in [1.29, 1.82) is 0 Å². The number of para-hydroxylation sites is 1. The summed E-state index contributed by atoms with van der Waals surface area (Å²) in [5.41, 5.74) is 4.18. The highest BCUT2D eigenvalue weighted by Gasteiger charge is 2.18. The fourth-order valence-electron chi connectivity index (χ4n) is 3.67. The van der Waals surface area contributed by atoms with Crippen LogP contribution in [-0.2, 0) is 6.54 Å². The van der Waals surface area contributed by atoms with Gasteiger partial charge in [-0.05, 0) is 37.3 Å². The summed E-state index contributed by atoms with van der Waals surface area (Å²) in [6.45, 7) is 2.91. The van der Waals surface area contributed by atoms with Crippen molar-refractivity contribution in [3.05, 3.63) is 54.2 Å². The molecule has 4 aromatic rings. The van der Waals surface area contributed by atoms with Gasteiger partial charge in [0.05, 0.1) is 25.4 Å². The molecule has 0 N–H and O–H groups in total. The summed E-state index contributed by atoms with van der Waals surface area (Å²) in [6.07, 6.45) is 0.793. The van der Waals surface area contributed by atoms with E-state index in [1.54, 1.807) is 14.2 Å². The monoisotopic (exact) mass is 360 g/mol. The van der Waals surface area contributed by atoms with Crippen molar-refractivity contribution in [2.45, 2.75) is 13.5 Å². The van der Waals surface area contributed by atoms with Gasteiger partial charge in [-0.3, -0.25) is 4.79 Å². The van der Waals surface area contributed by atoms with E-state index in [-0.39, 0.29) is 0 Å². The molecule has 0 amide bonds. The number of hydrogen-bond donors (Lipinski definition) is 0. The van der Waals surface area contributed by atoms with Gasteiger partial charge >= 0.3 is 0 Å². The number of pyridine rings is 1. The molecule has 0 spiro atoms. The Morgan fingerprint density at radius 2 is 1.78 bits per heavy atom. The van der Waals surface area contributed by atoms with E-state index >= 15 is 0 Å². The van der Waals surface area contributed by atoms with Crippen LogP contribution in [0.25, 0.3) is 33.1 Å². The molecule has 0 saturated carbocycles. The van der Waals surface area contributed by atoms with E-state index in [0.29, 0.717) is 17.2 Å². The number of aromatic nitrogens is 2. The van der Waals surface area contributed by atoms with Gasteiger partial charge in [0.1, 0.15) is 5.69 Å². The molecule has 0 aliphatic carbocycles. The third-order valence-electron chi connectivity index (χ3n) is 4.86. The van der Waals surface area contributed by atoms with Crippen LogP contribution in [0.3, 0.4) is 0 Å². The standard InChI is InChI=1S/C22H20N2O3/c1-4-24-18-8-6-5-7-16(18)17-12-15(13-25)23-21(22(17)24)14-9-10-19(26-2)20(11-14)27-3/h5-13H,4H2,1-3H3. The van der Waals surface area contributed by atoms with Crippen LogP contribution in [0, 0.1) is 0 Å². The van der Waals surface area contributed by atoms with Gasteiger partial charge in [-0.25, -0.2) is 4.98 Å². The van der Waals surface area contributed by atoms with E-state index in [0.717, 1.165) is 45.9 Å². The lowest BCUT2D eigenvalue weighted by Crippen LogP contribution is -1.99. The molecule has 2 heterocycles. The maximum atomic E-state index is 11.6. The van der Waals surface area contributed by atoms with Gasteiger partial charge in [0.2, 0.25) is 0 Å². The predicted octanol–water partition coefficient (Wildman–Crippen LogP) is 4.71. The Kier molecular flexibility index (Phi) is 4.28. The van der Waals surface area contributed by atoms with Crippen LogP contribution in [0.1, 0.15) is 17.4 Å². The number of ether oxygens (including phenoxy) is 2. The first-order chi connectivity index (χ1) is 13.2. The summed E-state index contributed by atoms with van der Waals surface area (Å²) in [5, 5.41) is 2.14. The van der Waals surface area contributed by atoms with Crippen molar-refractivity contribution in [1.82, 2.24) is 9.55 Å². The molecule has 27 heavy (non-hydrogen) atoms. The van der Waals surface area contributed by atoms with Crippen LogP contribution >= 0.6 is 0 Å². The maximum absolute atomic E-state index is 11.6. The topological polar surface area (TPSA) is 53.4 Å². The molecule has 0 radical (unpaired) electrons. The van der Waals surface area contributed by atoms with Crippen LogP contribution < -0.4 is 9.47 Å². The number of nitrogens with zero attached hydrogens (tertiary/aromatic N) is 2. The molecule has 0 bridgehead atoms. The van der Waals surface area contributed by atoms with E-state index in [9.17, 15) is 4.79 Å². The van der Waals surface area contributed by atoms with Crippen LogP contribution in [0.5, 0.6) is 11.5 Å². The summed E-state index contributed by atoms with van der Waals surface area (Å²) in [6, 6.07) is 15.8. The normalized spacial score (nSPS) is 11.1. The number of aryl methyl sites for hydroxylation is 1. The Morgan fingerprint density at radius 1 is 1.00 bits per heavy atom. The van der Waals surface area contributed by atoms with Crippen molar-refractivity contribution in [3.8, 4) is 22.8 Å². The summed E-state index contributed by atoms with van der Waals surface area (Å²) < 4.78 is 13.0. The number of hydrogen-bond acceptors (Lipinski definition) is 4. The van der Waals surface area contributed by atoms with Crippen molar-refractivity contribution in [3.63, 3.8) is 0 Å². The summed E-state index contributed by atoms with van der Waals surface area (Å²) >= 11 is 0. The van der Waals surface area contributed by atoms with Gasteiger partial charge in [-0.15, -0.1) is 0 Å². The SMILES string of the molecule is CCn1c2ccccc2c2cc(C=O)nc(-c3ccc(OC)c(OC)c3)c21. The molecule has 136 valence electrons. The lowest BCUT2D eigenvalue weighted by Gasteiger charge is -2.12. The lowest BCUT2D eigenvalue weighted by atomic mass is 10.1. The zero-order valence-electron chi connectivity index (χ0n) is 15.5. The van der Waals surface area contributed by atoms with E-state index in [4.69, 9.17) is 9.47 Å². The number of methoxy groups -OCH3 is 2. The quantitative estimate of drug-likeness (QED) is 0.484. The fourth-order valence-corrected chi connectivity index (χ4v) is 3.67. The minimum atomic E-state index is 0.409. The molecular weight excluding hydrogens is 340 g/mol. The van der Waals surface area contributed by atoms with Gasteiger partial charge in [-0.2, -0.15) is 0 Å². The summed E-state index contributed by atoms with van der Waals surface area (Å²) in [5.74, 6) is 1.28. The Bertz CT molecular complexity index is 1160. The molecule has 0 unspecified atom stereocenters. The highest BCUT2D eigenvalue weighted by atomic mass is 16.5. The van der Waals surface area contributed by atoms with E-state index < -0.39 is 0 Å². The third-order valence-corrected chi connectivity index (χ3v) is 4.86. The highest BCUT2D eigenvalue weighted by Crippen LogP contribution is 2.38. The highest BCUT2D eigenvalue weighted by molar-refractivity contribution is 6.13. The van der Waals surface area contributed by atoms with Crippen LogP contribution in [0.15, 0.2) is 48.5 Å². The first-order valence-electron chi connectivity index (χ1n) is 8.81. The van der Waals surface area contributed by atoms with Gasteiger partial charge < -0.3 is 14.0 Å².